The van der Waals surface area contributed by atoms with Crippen LogP contribution in [0.4, 0.5) is 0 Å². The van der Waals surface area contributed by atoms with Crippen molar-refractivity contribution in [2.45, 2.75) is 39.7 Å². The number of carbonyl (C=O) groups is 2. The second kappa shape index (κ2) is 5.20. The van der Waals surface area contributed by atoms with Gasteiger partial charge in [-0.1, -0.05) is 13.0 Å². The van der Waals surface area contributed by atoms with Crippen LogP contribution in [0.25, 0.3) is 5.65 Å². The van der Waals surface area contributed by atoms with E-state index in [-0.39, 0.29) is 0 Å². The first-order chi connectivity index (χ1) is 9.76. The number of imidazole rings is 1. The van der Waals surface area contributed by atoms with Gasteiger partial charge in [0.1, 0.15) is 16.9 Å². The van der Waals surface area contributed by atoms with Crippen LogP contribution in [-0.4, -0.2) is 31.9 Å². The lowest BCUT2D eigenvalue weighted by Crippen LogP contribution is -2.50. The molecule has 0 bridgehead atoms. The molecular formula is C15H19N3O3. The first-order valence-electron chi connectivity index (χ1n) is 6.79. The molecule has 0 fully saturated rings. The first kappa shape index (κ1) is 15.0. The fourth-order valence-electron chi connectivity index (χ4n) is 2.08. The van der Waals surface area contributed by atoms with Crippen molar-refractivity contribution in [1.82, 2.24) is 14.7 Å². The Morgan fingerprint density at radius 3 is 2.62 bits per heavy atom. The fraction of sp³-hybridized carbons (Fsp3) is 0.400. The molecule has 2 aromatic heterocycles. The Morgan fingerprint density at radius 2 is 2.05 bits per heavy atom. The maximum absolute atomic E-state index is 12.5. The highest BCUT2D eigenvalue weighted by atomic mass is 16.4. The van der Waals surface area contributed by atoms with Crippen LogP contribution in [0, 0.1) is 6.92 Å². The molecule has 0 aliphatic carbocycles. The molecule has 2 heterocycles. The molecule has 21 heavy (non-hydrogen) atoms. The quantitative estimate of drug-likeness (QED) is 0.899. The third kappa shape index (κ3) is 2.74. The number of hydrogen-bond donors (Lipinski definition) is 2. The number of aliphatic carboxylic acids is 1. The van der Waals surface area contributed by atoms with E-state index in [1.807, 2.05) is 32.2 Å². The summed E-state index contributed by atoms with van der Waals surface area (Å²) < 4.78 is 1.71. The number of pyridine rings is 1. The van der Waals surface area contributed by atoms with Gasteiger partial charge in [0.05, 0.1) is 5.69 Å². The summed E-state index contributed by atoms with van der Waals surface area (Å²) in [6, 6.07) is 3.76. The van der Waals surface area contributed by atoms with Gasteiger partial charge < -0.3 is 10.4 Å². The molecule has 0 saturated carbocycles. The second-order valence-electron chi connectivity index (χ2n) is 5.58. The lowest BCUT2D eigenvalue weighted by atomic mass is 10.1. The molecule has 112 valence electrons. The fourth-order valence-corrected chi connectivity index (χ4v) is 2.08. The Bertz CT molecular complexity index is 716. The number of nitrogens with one attached hydrogen (secondary N) is 1. The molecule has 0 unspecified atom stereocenters. The smallest absolute Gasteiger partial charge is 0.328 e. The lowest BCUT2D eigenvalue weighted by Gasteiger charge is -2.21. The monoisotopic (exact) mass is 289 g/mol. The van der Waals surface area contributed by atoms with E-state index in [0.717, 1.165) is 5.56 Å². The van der Waals surface area contributed by atoms with Crippen molar-refractivity contribution in [3.05, 3.63) is 35.3 Å². The van der Waals surface area contributed by atoms with E-state index in [9.17, 15) is 9.59 Å². The summed E-state index contributed by atoms with van der Waals surface area (Å²) in [5, 5.41) is 11.7. The van der Waals surface area contributed by atoms with E-state index in [0.29, 0.717) is 23.5 Å². The average molecular weight is 289 g/mol. The molecule has 0 atom stereocenters. The van der Waals surface area contributed by atoms with Gasteiger partial charge in [-0.3, -0.25) is 9.20 Å². The lowest BCUT2D eigenvalue weighted by molar-refractivity contribution is -0.143. The van der Waals surface area contributed by atoms with Gasteiger partial charge in [-0.2, -0.15) is 0 Å². The van der Waals surface area contributed by atoms with E-state index in [1.165, 1.54) is 13.8 Å². The van der Waals surface area contributed by atoms with Crippen molar-refractivity contribution < 1.29 is 14.7 Å². The normalized spacial score (nSPS) is 11.6. The summed E-state index contributed by atoms with van der Waals surface area (Å²) in [4.78, 5) is 28.1. The summed E-state index contributed by atoms with van der Waals surface area (Å²) >= 11 is 0. The number of aryl methyl sites for hydroxylation is 2. The molecule has 0 aliphatic heterocycles. The number of rotatable bonds is 4. The van der Waals surface area contributed by atoms with E-state index in [4.69, 9.17) is 5.11 Å². The van der Waals surface area contributed by atoms with Crippen molar-refractivity contribution >= 4 is 17.5 Å². The van der Waals surface area contributed by atoms with Gasteiger partial charge in [0, 0.05) is 6.20 Å². The van der Waals surface area contributed by atoms with Gasteiger partial charge in [-0.05, 0) is 38.8 Å². The van der Waals surface area contributed by atoms with Crippen LogP contribution in [-0.2, 0) is 11.2 Å². The van der Waals surface area contributed by atoms with Gasteiger partial charge in [-0.25, -0.2) is 9.78 Å². The van der Waals surface area contributed by atoms with Gasteiger partial charge in [-0.15, -0.1) is 0 Å². The number of carboxylic acids is 1. The van der Waals surface area contributed by atoms with Gasteiger partial charge in [0.25, 0.3) is 5.91 Å². The molecule has 2 rings (SSSR count). The molecule has 6 heteroatoms. The third-order valence-electron chi connectivity index (χ3n) is 3.35. The zero-order chi connectivity index (χ0) is 15.8. The van der Waals surface area contributed by atoms with Crippen LogP contribution >= 0.6 is 0 Å². The second-order valence-corrected chi connectivity index (χ2v) is 5.58. The Hall–Kier alpha value is -2.37. The number of nitrogens with zero attached hydrogens (tertiary/aromatic N) is 2. The van der Waals surface area contributed by atoms with Crippen molar-refractivity contribution in [2.24, 2.45) is 0 Å². The molecule has 0 radical (unpaired) electrons. The molecule has 0 saturated heterocycles. The van der Waals surface area contributed by atoms with Crippen molar-refractivity contribution in [3.8, 4) is 0 Å². The molecule has 0 spiro atoms. The number of carbonyl (C=O) groups excluding carboxylic acids is 1. The summed E-state index contributed by atoms with van der Waals surface area (Å²) in [7, 11) is 0. The van der Waals surface area contributed by atoms with Gasteiger partial charge in [0.15, 0.2) is 0 Å². The minimum Gasteiger partial charge on any atom is -0.480 e. The summed E-state index contributed by atoms with van der Waals surface area (Å²) in [6.07, 6.45) is 2.42. The average Bonchev–Trinajstić information content (AvgIpc) is 2.75. The van der Waals surface area contributed by atoms with E-state index < -0.39 is 17.4 Å². The number of hydrogen-bond acceptors (Lipinski definition) is 3. The zero-order valence-corrected chi connectivity index (χ0v) is 12.6. The molecule has 0 aliphatic rings. The Kier molecular flexibility index (Phi) is 3.72. The van der Waals surface area contributed by atoms with Crippen molar-refractivity contribution in [1.29, 1.82) is 0 Å². The van der Waals surface area contributed by atoms with Gasteiger partial charge in [0.2, 0.25) is 0 Å². The first-order valence-corrected chi connectivity index (χ1v) is 6.79. The van der Waals surface area contributed by atoms with Crippen LogP contribution in [0.5, 0.6) is 0 Å². The standard InChI is InChI=1S/C15H19N3O3/c1-5-10-12(13(19)17-15(3,4)14(20)21)18-8-9(2)6-7-11(18)16-10/h6-8H,5H2,1-4H3,(H,17,19)(H,20,21). The van der Waals surface area contributed by atoms with Crippen molar-refractivity contribution in [3.63, 3.8) is 0 Å². The maximum atomic E-state index is 12.5. The zero-order valence-electron chi connectivity index (χ0n) is 12.6. The Labute approximate surface area is 122 Å². The number of amides is 1. The topological polar surface area (TPSA) is 83.7 Å². The van der Waals surface area contributed by atoms with Crippen LogP contribution in [0.1, 0.15) is 42.5 Å². The SMILES string of the molecule is CCc1nc2ccc(C)cn2c1C(=O)NC(C)(C)C(=O)O. The molecular weight excluding hydrogens is 270 g/mol. The Morgan fingerprint density at radius 1 is 1.38 bits per heavy atom. The van der Waals surface area contributed by atoms with Crippen LogP contribution in [0.15, 0.2) is 18.3 Å². The predicted octanol–water partition coefficient (Wildman–Crippen LogP) is 1.80. The summed E-state index contributed by atoms with van der Waals surface area (Å²) in [6.45, 7) is 6.74. The minimum absolute atomic E-state index is 0.394. The van der Waals surface area contributed by atoms with Gasteiger partial charge >= 0.3 is 5.97 Å². The van der Waals surface area contributed by atoms with E-state index in [1.54, 1.807) is 4.40 Å². The third-order valence-corrected chi connectivity index (χ3v) is 3.35. The van der Waals surface area contributed by atoms with E-state index in [2.05, 4.69) is 10.3 Å². The highest BCUT2D eigenvalue weighted by Crippen LogP contribution is 2.16. The Balaban J connectivity index is 2.52. The van der Waals surface area contributed by atoms with Crippen LogP contribution < -0.4 is 5.32 Å². The predicted molar refractivity (Wildman–Crippen MR) is 78.5 cm³/mol. The molecule has 6 nitrogen and oxygen atoms in total. The number of fused-ring (bicyclic) bond motifs is 1. The number of aromatic nitrogens is 2. The minimum atomic E-state index is -1.34. The highest BCUT2D eigenvalue weighted by Gasteiger charge is 2.31. The largest absolute Gasteiger partial charge is 0.480 e. The maximum Gasteiger partial charge on any atom is 0.328 e. The molecule has 1 amide bonds. The summed E-state index contributed by atoms with van der Waals surface area (Å²) in [5.74, 6) is -1.52. The van der Waals surface area contributed by atoms with Crippen LogP contribution in [0.2, 0.25) is 0 Å². The molecule has 2 N–H and O–H groups in total. The van der Waals surface area contributed by atoms with E-state index >= 15 is 0 Å². The highest BCUT2D eigenvalue weighted by molar-refractivity contribution is 5.98. The number of carboxylic acid groups (broad SMARTS) is 1. The summed E-state index contributed by atoms with van der Waals surface area (Å²) in [5.41, 5.74) is 1.38. The molecule has 2 aromatic rings. The molecule has 0 aromatic carbocycles. The van der Waals surface area contributed by atoms with Crippen LogP contribution in [0.3, 0.4) is 0 Å². The van der Waals surface area contributed by atoms with Crippen molar-refractivity contribution in [2.75, 3.05) is 0 Å².